The van der Waals surface area contributed by atoms with Crippen LogP contribution in [0.2, 0.25) is 0 Å². The highest BCUT2D eigenvalue weighted by Crippen LogP contribution is 2.13. The van der Waals surface area contributed by atoms with Crippen LogP contribution < -0.4 is 0 Å². The van der Waals surface area contributed by atoms with Gasteiger partial charge in [-0.1, -0.05) is 18.2 Å². The van der Waals surface area contributed by atoms with Crippen LogP contribution in [-0.2, 0) is 4.79 Å². The summed E-state index contributed by atoms with van der Waals surface area (Å²) >= 11 is 5.68. The predicted octanol–water partition coefficient (Wildman–Crippen LogP) is 3.31. The highest BCUT2D eigenvalue weighted by Gasteiger charge is 2.18. The van der Waals surface area contributed by atoms with Crippen molar-refractivity contribution in [3.8, 4) is 0 Å². The molecule has 0 atom stereocenters. The van der Waals surface area contributed by atoms with E-state index in [-0.39, 0.29) is 11.5 Å². The van der Waals surface area contributed by atoms with Gasteiger partial charge in [-0.3, -0.25) is 9.69 Å². The average Bonchev–Trinajstić information content (AvgIpc) is 2.59. The van der Waals surface area contributed by atoms with Crippen LogP contribution in [0, 0.1) is 11.6 Å². The second kappa shape index (κ2) is 9.55. The van der Waals surface area contributed by atoms with Gasteiger partial charge in [-0.05, 0) is 31.2 Å². The van der Waals surface area contributed by atoms with Crippen molar-refractivity contribution in [2.24, 2.45) is 0 Å². The van der Waals surface area contributed by atoms with Crippen molar-refractivity contribution in [3.63, 3.8) is 0 Å². The van der Waals surface area contributed by atoms with Crippen LogP contribution in [0.25, 0.3) is 6.08 Å². The molecule has 1 aliphatic heterocycles. The number of hydrogen-bond donors (Lipinski definition) is 0. The van der Waals surface area contributed by atoms with Gasteiger partial charge >= 0.3 is 0 Å². The van der Waals surface area contributed by atoms with Gasteiger partial charge in [0.1, 0.15) is 11.6 Å². The van der Waals surface area contributed by atoms with E-state index < -0.39 is 11.6 Å². The van der Waals surface area contributed by atoms with Gasteiger partial charge in [-0.2, -0.15) is 0 Å². The first-order valence-corrected chi connectivity index (χ1v) is 8.51. The molecule has 2 rings (SSSR count). The highest BCUT2D eigenvalue weighted by molar-refractivity contribution is 6.17. The monoisotopic (exact) mass is 354 g/mol. The topological polar surface area (TPSA) is 23.6 Å². The van der Waals surface area contributed by atoms with Gasteiger partial charge in [-0.15, -0.1) is 11.6 Å². The standard InChI is InChI=1S/C18H21ClF2N2O/c19-9-4-10-22-11-13-23(14-12-22)18(24)8-2-1-5-15-16(20)6-3-7-17(15)21/h1-3,5-8H,4,9-14H2/b5-1+,8-2+. The van der Waals surface area contributed by atoms with E-state index in [0.29, 0.717) is 19.0 Å². The molecule has 1 saturated heterocycles. The number of carbonyl (C=O) groups is 1. The van der Waals surface area contributed by atoms with E-state index in [1.165, 1.54) is 42.5 Å². The Bertz CT molecular complexity index is 591. The lowest BCUT2D eigenvalue weighted by Gasteiger charge is -2.34. The second-order valence-corrected chi connectivity index (χ2v) is 5.94. The van der Waals surface area contributed by atoms with E-state index in [4.69, 9.17) is 11.6 Å². The average molecular weight is 355 g/mol. The summed E-state index contributed by atoms with van der Waals surface area (Å²) in [5.41, 5.74) is -0.109. The number of hydrogen-bond acceptors (Lipinski definition) is 2. The number of nitrogens with zero attached hydrogens (tertiary/aromatic N) is 2. The smallest absolute Gasteiger partial charge is 0.246 e. The molecule has 1 aromatic carbocycles. The van der Waals surface area contributed by atoms with Crippen molar-refractivity contribution >= 4 is 23.6 Å². The SMILES string of the molecule is O=C(/C=C/C=C/c1c(F)cccc1F)N1CCN(CCCCl)CC1. The molecule has 1 fully saturated rings. The molecule has 0 aromatic heterocycles. The highest BCUT2D eigenvalue weighted by atomic mass is 35.5. The fraction of sp³-hybridized carbons (Fsp3) is 0.389. The Hall–Kier alpha value is -1.72. The van der Waals surface area contributed by atoms with Gasteiger partial charge in [0.15, 0.2) is 0 Å². The third-order valence-electron chi connectivity index (χ3n) is 3.90. The Labute approximate surface area is 146 Å². The Morgan fingerprint density at radius 1 is 1.12 bits per heavy atom. The zero-order valence-electron chi connectivity index (χ0n) is 13.4. The number of carbonyl (C=O) groups excluding carboxylic acids is 1. The van der Waals surface area contributed by atoms with Crippen molar-refractivity contribution in [2.75, 3.05) is 38.6 Å². The summed E-state index contributed by atoms with van der Waals surface area (Å²) < 4.78 is 26.9. The van der Waals surface area contributed by atoms with Crippen LogP contribution in [0.3, 0.4) is 0 Å². The first kappa shape index (κ1) is 18.6. The Morgan fingerprint density at radius 3 is 2.42 bits per heavy atom. The maximum atomic E-state index is 13.4. The molecule has 1 heterocycles. The summed E-state index contributed by atoms with van der Waals surface area (Å²) in [6.45, 7) is 3.99. The van der Waals surface area contributed by atoms with Gasteiger partial charge in [-0.25, -0.2) is 8.78 Å². The maximum absolute atomic E-state index is 13.4. The molecule has 0 radical (unpaired) electrons. The van der Waals surface area contributed by atoms with Crippen LogP contribution in [0.15, 0.2) is 36.4 Å². The lowest BCUT2D eigenvalue weighted by molar-refractivity contribution is -0.127. The molecule has 24 heavy (non-hydrogen) atoms. The maximum Gasteiger partial charge on any atom is 0.246 e. The van der Waals surface area contributed by atoms with Crippen LogP contribution in [0.5, 0.6) is 0 Å². The molecule has 1 amide bonds. The largest absolute Gasteiger partial charge is 0.337 e. The molecule has 1 aliphatic rings. The molecule has 0 bridgehead atoms. The third kappa shape index (κ3) is 5.42. The van der Waals surface area contributed by atoms with Crippen molar-refractivity contribution in [2.45, 2.75) is 6.42 Å². The molecule has 0 unspecified atom stereocenters. The minimum atomic E-state index is -0.626. The minimum Gasteiger partial charge on any atom is -0.337 e. The summed E-state index contributed by atoms with van der Waals surface area (Å²) in [5.74, 6) is -0.694. The first-order chi connectivity index (χ1) is 11.6. The summed E-state index contributed by atoms with van der Waals surface area (Å²) in [7, 11) is 0. The number of benzene rings is 1. The number of piperazine rings is 1. The molecule has 3 nitrogen and oxygen atoms in total. The van der Waals surface area contributed by atoms with Crippen LogP contribution in [-0.4, -0.2) is 54.3 Å². The second-order valence-electron chi connectivity index (χ2n) is 5.56. The van der Waals surface area contributed by atoms with E-state index in [0.717, 1.165) is 26.1 Å². The van der Waals surface area contributed by atoms with E-state index in [1.54, 1.807) is 4.90 Å². The van der Waals surface area contributed by atoms with Gasteiger partial charge in [0.25, 0.3) is 0 Å². The molecule has 0 spiro atoms. The number of amides is 1. The molecule has 0 N–H and O–H groups in total. The molecule has 6 heteroatoms. The minimum absolute atomic E-state index is 0.0920. The van der Waals surface area contributed by atoms with Gasteiger partial charge in [0.05, 0.1) is 0 Å². The summed E-state index contributed by atoms with van der Waals surface area (Å²) in [5, 5.41) is 0. The molecule has 0 aliphatic carbocycles. The van der Waals surface area contributed by atoms with Crippen LogP contribution in [0.4, 0.5) is 8.78 Å². The number of alkyl halides is 1. The Balaban J connectivity index is 1.82. The third-order valence-corrected chi connectivity index (χ3v) is 4.17. The summed E-state index contributed by atoms with van der Waals surface area (Å²) in [6.07, 6.45) is 6.67. The summed E-state index contributed by atoms with van der Waals surface area (Å²) in [4.78, 5) is 16.1. The van der Waals surface area contributed by atoms with E-state index >= 15 is 0 Å². The zero-order valence-corrected chi connectivity index (χ0v) is 14.2. The van der Waals surface area contributed by atoms with E-state index in [1.807, 2.05) is 0 Å². The van der Waals surface area contributed by atoms with Crippen molar-refractivity contribution < 1.29 is 13.6 Å². The molecular formula is C18H21ClF2N2O. The van der Waals surface area contributed by atoms with Gasteiger partial charge in [0, 0.05) is 43.7 Å². The van der Waals surface area contributed by atoms with Gasteiger partial charge in [0.2, 0.25) is 5.91 Å². The number of halogens is 3. The van der Waals surface area contributed by atoms with Crippen LogP contribution >= 0.6 is 11.6 Å². The Kier molecular flexibility index (Phi) is 7.40. The van der Waals surface area contributed by atoms with Gasteiger partial charge < -0.3 is 4.90 Å². The van der Waals surface area contributed by atoms with Crippen LogP contribution in [0.1, 0.15) is 12.0 Å². The van der Waals surface area contributed by atoms with E-state index in [2.05, 4.69) is 4.90 Å². The molecule has 1 aromatic rings. The normalized spacial score (nSPS) is 16.4. The number of allylic oxidation sites excluding steroid dienone is 2. The molecular weight excluding hydrogens is 334 g/mol. The Morgan fingerprint density at radius 2 is 1.79 bits per heavy atom. The predicted molar refractivity (Wildman–Crippen MR) is 92.9 cm³/mol. The zero-order chi connectivity index (χ0) is 17.4. The lowest BCUT2D eigenvalue weighted by Crippen LogP contribution is -2.48. The van der Waals surface area contributed by atoms with Crippen molar-refractivity contribution in [3.05, 3.63) is 53.6 Å². The fourth-order valence-corrected chi connectivity index (χ4v) is 2.66. The van der Waals surface area contributed by atoms with Crippen molar-refractivity contribution in [1.82, 2.24) is 9.80 Å². The fourth-order valence-electron chi connectivity index (χ4n) is 2.54. The quantitative estimate of drug-likeness (QED) is 0.444. The summed E-state index contributed by atoms with van der Waals surface area (Å²) in [6, 6.07) is 3.71. The number of rotatable bonds is 6. The lowest BCUT2D eigenvalue weighted by atomic mass is 10.2. The van der Waals surface area contributed by atoms with Crippen molar-refractivity contribution in [1.29, 1.82) is 0 Å². The molecule has 0 saturated carbocycles. The first-order valence-electron chi connectivity index (χ1n) is 7.98. The van der Waals surface area contributed by atoms with E-state index in [9.17, 15) is 13.6 Å². The molecule has 130 valence electrons.